The predicted octanol–water partition coefficient (Wildman–Crippen LogP) is 3.87. The van der Waals surface area contributed by atoms with E-state index in [1.165, 1.54) is 17.4 Å². The van der Waals surface area contributed by atoms with Crippen LogP contribution in [0.2, 0.25) is 5.02 Å². The molecule has 1 N–H and O–H groups in total. The van der Waals surface area contributed by atoms with Crippen molar-refractivity contribution in [3.05, 3.63) is 39.9 Å². The largest absolute Gasteiger partial charge is 0.378 e. The maximum Gasteiger partial charge on any atom is 0.263 e. The van der Waals surface area contributed by atoms with E-state index in [4.69, 9.17) is 16.3 Å². The van der Waals surface area contributed by atoms with E-state index < -0.39 is 10.0 Å². The van der Waals surface area contributed by atoms with E-state index in [1.54, 1.807) is 19.1 Å². The van der Waals surface area contributed by atoms with E-state index >= 15 is 0 Å². The zero-order valence-electron chi connectivity index (χ0n) is 13.2. The number of nitrogens with zero attached hydrogens (tertiary/aromatic N) is 1. The minimum Gasteiger partial charge on any atom is -0.378 e. The van der Waals surface area contributed by atoms with Crippen LogP contribution in [-0.2, 0) is 21.2 Å². The fourth-order valence-electron chi connectivity index (χ4n) is 1.92. The van der Waals surface area contributed by atoms with Gasteiger partial charge in [0.15, 0.2) is 5.13 Å². The van der Waals surface area contributed by atoms with Crippen LogP contribution in [0.15, 0.2) is 28.5 Å². The lowest BCUT2D eigenvalue weighted by atomic mass is 10.2. The minimum absolute atomic E-state index is 0.157. The molecule has 8 heteroatoms. The van der Waals surface area contributed by atoms with Crippen LogP contribution in [0.5, 0.6) is 0 Å². The molecule has 1 heterocycles. The number of halogens is 1. The fourth-order valence-corrected chi connectivity index (χ4v) is 4.41. The molecule has 0 aliphatic rings. The topological polar surface area (TPSA) is 68.3 Å². The van der Waals surface area contributed by atoms with E-state index in [9.17, 15) is 8.42 Å². The number of rotatable bonds is 7. The van der Waals surface area contributed by atoms with Gasteiger partial charge in [0.05, 0.1) is 23.3 Å². The first-order valence-electron chi connectivity index (χ1n) is 7.13. The molecule has 0 atom stereocenters. The fraction of sp³-hybridized carbons (Fsp3) is 0.400. The van der Waals surface area contributed by atoms with Gasteiger partial charge >= 0.3 is 0 Å². The van der Waals surface area contributed by atoms with Crippen molar-refractivity contribution in [3.8, 4) is 0 Å². The molecule has 0 saturated heterocycles. The summed E-state index contributed by atoms with van der Waals surface area (Å²) < 4.78 is 32.9. The summed E-state index contributed by atoms with van der Waals surface area (Å²) in [5.41, 5.74) is 1.32. The molecule has 0 aliphatic heterocycles. The molecule has 0 aliphatic carbocycles. The molecule has 0 bridgehead atoms. The zero-order valence-corrected chi connectivity index (χ0v) is 15.6. The van der Waals surface area contributed by atoms with Crippen LogP contribution < -0.4 is 4.72 Å². The second-order valence-corrected chi connectivity index (χ2v) is 8.20. The van der Waals surface area contributed by atoms with Crippen LogP contribution in [0.25, 0.3) is 0 Å². The van der Waals surface area contributed by atoms with Gasteiger partial charge < -0.3 is 4.74 Å². The third kappa shape index (κ3) is 4.91. The van der Waals surface area contributed by atoms with Crippen LogP contribution >= 0.6 is 22.9 Å². The lowest BCUT2D eigenvalue weighted by Gasteiger charge is -2.09. The Balaban J connectivity index is 2.09. The van der Waals surface area contributed by atoms with Crippen LogP contribution in [0.4, 0.5) is 5.13 Å². The summed E-state index contributed by atoms with van der Waals surface area (Å²) in [7, 11) is -3.70. The average molecular weight is 375 g/mol. The van der Waals surface area contributed by atoms with Gasteiger partial charge in [0.1, 0.15) is 0 Å². The Bertz CT molecular complexity index is 773. The van der Waals surface area contributed by atoms with Crippen molar-refractivity contribution in [1.29, 1.82) is 0 Å². The summed E-state index contributed by atoms with van der Waals surface area (Å²) in [6.45, 7) is 6.16. The first-order valence-corrected chi connectivity index (χ1v) is 9.87. The van der Waals surface area contributed by atoms with E-state index in [-0.39, 0.29) is 11.0 Å². The summed E-state index contributed by atoms with van der Waals surface area (Å²) in [6, 6.07) is 4.79. The van der Waals surface area contributed by atoms with Crippen molar-refractivity contribution in [3.63, 3.8) is 0 Å². The number of nitrogens with one attached hydrogen (secondary N) is 1. The van der Waals surface area contributed by atoms with Crippen LogP contribution in [0, 0.1) is 6.92 Å². The Labute approximate surface area is 145 Å². The Hall–Kier alpha value is -1.15. The Morgan fingerprint density at radius 2 is 2.13 bits per heavy atom. The van der Waals surface area contributed by atoms with Crippen LogP contribution in [-0.4, -0.2) is 26.1 Å². The zero-order chi connectivity index (χ0) is 17.0. The first kappa shape index (κ1) is 18.2. The number of hydrogen-bond donors (Lipinski definition) is 1. The maximum atomic E-state index is 12.5. The number of benzene rings is 1. The summed E-state index contributed by atoms with van der Waals surface area (Å²) in [5.74, 6) is 0. The normalized spacial score (nSPS) is 11.9. The molecule has 2 aromatic rings. The lowest BCUT2D eigenvalue weighted by Crippen LogP contribution is -2.14. The Morgan fingerprint density at radius 1 is 1.39 bits per heavy atom. The quantitative estimate of drug-likeness (QED) is 0.798. The SMILES string of the molecule is Cc1c(Cl)cccc1S(=O)(=O)Nc1nc(CCOC(C)C)cs1. The van der Waals surface area contributed by atoms with E-state index in [0.717, 1.165) is 5.69 Å². The van der Waals surface area contributed by atoms with E-state index in [2.05, 4.69) is 9.71 Å². The van der Waals surface area contributed by atoms with Gasteiger partial charge in [-0.25, -0.2) is 13.4 Å². The molecule has 23 heavy (non-hydrogen) atoms. The van der Waals surface area contributed by atoms with Gasteiger partial charge in [-0.15, -0.1) is 11.3 Å². The van der Waals surface area contributed by atoms with Gasteiger partial charge in [0.25, 0.3) is 10.0 Å². The molecule has 5 nitrogen and oxygen atoms in total. The molecular weight excluding hydrogens is 356 g/mol. The molecule has 0 radical (unpaired) electrons. The van der Waals surface area contributed by atoms with Gasteiger partial charge in [0.2, 0.25) is 0 Å². The summed E-state index contributed by atoms with van der Waals surface area (Å²) in [6.07, 6.45) is 0.810. The number of aromatic nitrogens is 1. The van der Waals surface area contributed by atoms with Gasteiger partial charge in [-0.3, -0.25) is 4.72 Å². The minimum atomic E-state index is -3.70. The van der Waals surface area contributed by atoms with E-state index in [0.29, 0.717) is 28.7 Å². The molecule has 2 rings (SSSR count). The van der Waals surface area contributed by atoms with Gasteiger partial charge in [-0.05, 0) is 38.5 Å². The molecule has 0 saturated carbocycles. The highest BCUT2D eigenvalue weighted by Crippen LogP contribution is 2.26. The van der Waals surface area contributed by atoms with Gasteiger partial charge in [-0.2, -0.15) is 0 Å². The molecule has 0 amide bonds. The average Bonchev–Trinajstić information content (AvgIpc) is 2.88. The monoisotopic (exact) mass is 374 g/mol. The molecular formula is C15H19ClN2O3S2. The summed E-state index contributed by atoms with van der Waals surface area (Å²) in [5, 5.41) is 2.58. The first-order chi connectivity index (χ1) is 10.8. The smallest absolute Gasteiger partial charge is 0.263 e. The highest BCUT2D eigenvalue weighted by atomic mass is 35.5. The Kier molecular flexibility index (Phi) is 6.02. The number of anilines is 1. The predicted molar refractivity (Wildman–Crippen MR) is 93.9 cm³/mol. The van der Waals surface area contributed by atoms with Crippen molar-refractivity contribution in [1.82, 2.24) is 4.98 Å². The van der Waals surface area contributed by atoms with Crippen molar-refractivity contribution >= 4 is 38.1 Å². The Morgan fingerprint density at radius 3 is 2.83 bits per heavy atom. The molecule has 1 aromatic carbocycles. The summed E-state index contributed by atoms with van der Waals surface area (Å²) >= 11 is 7.24. The van der Waals surface area contributed by atoms with Crippen LogP contribution in [0.3, 0.4) is 0 Å². The van der Waals surface area contributed by atoms with E-state index in [1.807, 2.05) is 19.2 Å². The summed E-state index contributed by atoms with van der Waals surface area (Å²) in [4.78, 5) is 4.44. The molecule has 0 unspecified atom stereocenters. The second kappa shape index (κ2) is 7.61. The standard InChI is InChI=1S/C15H19ClN2O3S2/c1-10(2)21-8-7-12-9-22-15(17-12)18-23(19,20)14-6-4-5-13(16)11(14)3/h4-6,9-10H,7-8H2,1-3H3,(H,17,18). The highest BCUT2D eigenvalue weighted by Gasteiger charge is 2.19. The molecule has 126 valence electrons. The maximum absolute atomic E-state index is 12.5. The number of thiazole rings is 1. The lowest BCUT2D eigenvalue weighted by molar-refractivity contribution is 0.0810. The highest BCUT2D eigenvalue weighted by molar-refractivity contribution is 7.93. The van der Waals surface area contributed by atoms with Crippen molar-refractivity contribution in [2.75, 3.05) is 11.3 Å². The molecule has 1 aromatic heterocycles. The number of ether oxygens (including phenoxy) is 1. The van der Waals surface area contributed by atoms with Crippen LogP contribution in [0.1, 0.15) is 25.1 Å². The number of sulfonamides is 1. The molecule has 0 spiro atoms. The van der Waals surface area contributed by atoms with Gasteiger partial charge in [0, 0.05) is 16.8 Å². The van der Waals surface area contributed by atoms with Crippen molar-refractivity contribution in [2.24, 2.45) is 0 Å². The third-order valence-electron chi connectivity index (χ3n) is 3.09. The third-order valence-corrected chi connectivity index (χ3v) is 5.92. The second-order valence-electron chi connectivity index (χ2n) is 5.28. The van der Waals surface area contributed by atoms with Crippen molar-refractivity contribution in [2.45, 2.75) is 38.2 Å². The van der Waals surface area contributed by atoms with Crippen molar-refractivity contribution < 1.29 is 13.2 Å². The molecule has 0 fully saturated rings. The number of hydrogen-bond acceptors (Lipinski definition) is 5. The van der Waals surface area contributed by atoms with Gasteiger partial charge in [-0.1, -0.05) is 17.7 Å².